The Kier molecular flexibility index (Phi) is 6.50. The number of anilines is 1. The number of urea groups is 1. The summed E-state index contributed by atoms with van der Waals surface area (Å²) in [5.74, 6) is -0.917. The van der Waals surface area contributed by atoms with Gasteiger partial charge in [0, 0.05) is 49.8 Å². The predicted octanol–water partition coefficient (Wildman–Crippen LogP) is 2.83. The van der Waals surface area contributed by atoms with Crippen LogP contribution >= 0.6 is 0 Å². The molecular formula is C25H29F2N7O. The van der Waals surface area contributed by atoms with E-state index in [0.29, 0.717) is 24.5 Å². The molecule has 5 rings (SSSR count). The number of halogens is 2. The molecule has 0 bridgehead atoms. The van der Waals surface area contributed by atoms with Crippen LogP contribution in [0.25, 0.3) is 5.69 Å². The lowest BCUT2D eigenvalue weighted by Crippen LogP contribution is -2.44. The molecule has 184 valence electrons. The summed E-state index contributed by atoms with van der Waals surface area (Å²) in [6, 6.07) is 12.7. The van der Waals surface area contributed by atoms with Gasteiger partial charge in [-0.1, -0.05) is 18.2 Å². The van der Waals surface area contributed by atoms with Crippen LogP contribution in [0.2, 0.25) is 0 Å². The summed E-state index contributed by atoms with van der Waals surface area (Å²) in [7, 11) is 0. The van der Waals surface area contributed by atoms with Gasteiger partial charge in [0.15, 0.2) is 0 Å². The Labute approximate surface area is 202 Å². The second-order valence-electron chi connectivity index (χ2n) is 9.19. The maximum atomic E-state index is 14.0. The number of hydrazine groups is 1. The molecule has 0 aliphatic carbocycles. The average molecular weight is 482 g/mol. The van der Waals surface area contributed by atoms with E-state index in [1.54, 1.807) is 4.68 Å². The van der Waals surface area contributed by atoms with Crippen LogP contribution in [-0.2, 0) is 0 Å². The summed E-state index contributed by atoms with van der Waals surface area (Å²) in [5, 5.41) is 10.6. The van der Waals surface area contributed by atoms with Crippen molar-refractivity contribution in [2.75, 3.05) is 31.5 Å². The van der Waals surface area contributed by atoms with E-state index in [9.17, 15) is 13.6 Å². The van der Waals surface area contributed by atoms with E-state index in [4.69, 9.17) is 0 Å². The molecule has 0 unspecified atom stereocenters. The van der Waals surface area contributed by atoms with Crippen molar-refractivity contribution >= 4 is 11.8 Å². The third kappa shape index (κ3) is 4.90. The summed E-state index contributed by atoms with van der Waals surface area (Å²) in [5.41, 5.74) is 9.29. The van der Waals surface area contributed by atoms with Gasteiger partial charge in [0.25, 0.3) is 0 Å². The molecule has 2 aromatic carbocycles. The van der Waals surface area contributed by atoms with Crippen molar-refractivity contribution in [2.24, 2.45) is 0 Å². The minimum atomic E-state index is -0.622. The number of carbonyl (C=O) groups excluding carboxylic acids is 1. The molecule has 0 saturated carbocycles. The minimum Gasteiger partial charge on any atom is -0.333 e. The summed E-state index contributed by atoms with van der Waals surface area (Å²) in [6.07, 6.45) is 0. The van der Waals surface area contributed by atoms with Crippen molar-refractivity contribution < 1.29 is 13.6 Å². The van der Waals surface area contributed by atoms with Crippen molar-refractivity contribution in [1.82, 2.24) is 30.8 Å². The van der Waals surface area contributed by atoms with Gasteiger partial charge in [-0.2, -0.15) is 5.10 Å². The highest BCUT2D eigenvalue weighted by atomic mass is 19.1. The average Bonchev–Trinajstić information content (AvgIpc) is 3.56. The van der Waals surface area contributed by atoms with Crippen LogP contribution in [-0.4, -0.2) is 59.0 Å². The van der Waals surface area contributed by atoms with Crippen LogP contribution in [0.1, 0.15) is 22.7 Å². The number of likely N-dealkylation sites (tertiary alicyclic amines) is 1. The lowest BCUT2D eigenvalue weighted by molar-refractivity contribution is 0.242. The molecule has 0 radical (unpaired) electrons. The molecule has 2 atom stereocenters. The molecule has 2 saturated heterocycles. The van der Waals surface area contributed by atoms with E-state index in [0.717, 1.165) is 36.1 Å². The summed E-state index contributed by atoms with van der Waals surface area (Å²) in [4.78, 5) is 15.4. The molecule has 8 nitrogen and oxygen atoms in total. The second kappa shape index (κ2) is 9.73. The van der Waals surface area contributed by atoms with Crippen LogP contribution in [0.15, 0.2) is 48.5 Å². The van der Waals surface area contributed by atoms with Gasteiger partial charge in [0.1, 0.15) is 17.5 Å². The Hall–Kier alpha value is -3.34. The van der Waals surface area contributed by atoms with Crippen molar-refractivity contribution in [2.45, 2.75) is 31.8 Å². The fourth-order valence-electron chi connectivity index (χ4n) is 4.94. The molecule has 10 heteroatoms. The largest absolute Gasteiger partial charge is 0.333 e. The normalized spacial score (nSPS) is 20.9. The quantitative estimate of drug-likeness (QED) is 0.450. The molecule has 2 aliphatic heterocycles. The summed E-state index contributed by atoms with van der Waals surface area (Å²) in [6.45, 7) is 6.48. The highest BCUT2D eigenvalue weighted by Crippen LogP contribution is 2.31. The van der Waals surface area contributed by atoms with Crippen LogP contribution in [0.4, 0.5) is 19.4 Å². The first-order chi connectivity index (χ1) is 16.9. The van der Waals surface area contributed by atoms with Gasteiger partial charge in [-0.15, -0.1) is 0 Å². The van der Waals surface area contributed by atoms with Crippen LogP contribution in [0.3, 0.4) is 0 Å². The first-order valence-corrected chi connectivity index (χ1v) is 11.7. The van der Waals surface area contributed by atoms with Crippen molar-refractivity contribution in [3.05, 3.63) is 77.0 Å². The van der Waals surface area contributed by atoms with E-state index in [1.807, 2.05) is 44.2 Å². The molecule has 2 aliphatic rings. The van der Waals surface area contributed by atoms with Crippen molar-refractivity contribution in [3.8, 4) is 5.69 Å². The highest BCUT2D eigenvalue weighted by Gasteiger charge is 2.39. The molecular weight excluding hydrogens is 452 g/mol. The van der Waals surface area contributed by atoms with E-state index >= 15 is 0 Å². The van der Waals surface area contributed by atoms with Crippen molar-refractivity contribution in [1.29, 1.82) is 0 Å². The first-order valence-electron chi connectivity index (χ1n) is 11.7. The van der Waals surface area contributed by atoms with Crippen LogP contribution in [0.5, 0.6) is 0 Å². The third-order valence-corrected chi connectivity index (χ3v) is 6.89. The standard InChI is InChI=1S/C25H29F2N7O/c1-15-16(2)32-34(20-6-4-3-5-7-20)24(15)31-25(35)30-23-14-33(21-11-28-29-12-21)13-22(23)17-8-18(26)10-19(27)9-17/h3-10,21-23,28-29H,11-14H2,1-2H3,(H2,30,31,35)/t22-,23+/m0/s1. The van der Waals surface area contributed by atoms with Gasteiger partial charge in [0.05, 0.1) is 17.4 Å². The van der Waals surface area contributed by atoms with E-state index in [2.05, 4.69) is 31.5 Å². The number of nitrogens with zero attached hydrogens (tertiary/aromatic N) is 3. The van der Waals surface area contributed by atoms with Gasteiger partial charge in [-0.25, -0.2) is 18.3 Å². The number of aryl methyl sites for hydroxylation is 1. The van der Waals surface area contributed by atoms with Gasteiger partial charge in [-0.3, -0.25) is 21.1 Å². The number of benzene rings is 2. The highest BCUT2D eigenvalue weighted by molar-refractivity contribution is 5.90. The molecule has 35 heavy (non-hydrogen) atoms. The number of nitrogens with one attached hydrogen (secondary N) is 4. The summed E-state index contributed by atoms with van der Waals surface area (Å²) < 4.78 is 29.8. The van der Waals surface area contributed by atoms with Crippen LogP contribution < -0.4 is 21.5 Å². The molecule has 4 N–H and O–H groups in total. The Bertz CT molecular complexity index is 1190. The Morgan fingerprint density at radius 2 is 1.71 bits per heavy atom. The van der Waals surface area contributed by atoms with Gasteiger partial charge in [-0.05, 0) is 43.7 Å². The number of rotatable bonds is 5. The monoisotopic (exact) mass is 481 g/mol. The molecule has 2 fully saturated rings. The number of amides is 2. The molecule has 2 amide bonds. The summed E-state index contributed by atoms with van der Waals surface area (Å²) >= 11 is 0. The number of hydrogen-bond acceptors (Lipinski definition) is 5. The smallest absolute Gasteiger partial charge is 0.320 e. The predicted molar refractivity (Wildman–Crippen MR) is 129 cm³/mol. The Balaban J connectivity index is 1.38. The maximum Gasteiger partial charge on any atom is 0.320 e. The van der Waals surface area contributed by atoms with Gasteiger partial charge >= 0.3 is 6.03 Å². The van der Waals surface area contributed by atoms with Crippen molar-refractivity contribution in [3.63, 3.8) is 0 Å². The molecule has 0 spiro atoms. The molecule has 1 aromatic heterocycles. The maximum absolute atomic E-state index is 14.0. The zero-order valence-corrected chi connectivity index (χ0v) is 19.7. The van der Waals surface area contributed by atoms with E-state index < -0.39 is 11.6 Å². The zero-order valence-electron chi connectivity index (χ0n) is 19.7. The van der Waals surface area contributed by atoms with E-state index in [1.165, 1.54) is 12.1 Å². The zero-order chi connectivity index (χ0) is 24.5. The SMILES string of the molecule is Cc1nn(-c2ccccc2)c(NC(=O)N[C@@H]2CN(C3CNNC3)C[C@H]2c2cc(F)cc(F)c2)c1C. The third-order valence-electron chi connectivity index (χ3n) is 6.89. The van der Waals surface area contributed by atoms with Gasteiger partial charge < -0.3 is 5.32 Å². The Morgan fingerprint density at radius 3 is 2.40 bits per heavy atom. The fraction of sp³-hybridized carbons (Fsp3) is 0.360. The number of hydrogen-bond donors (Lipinski definition) is 4. The fourth-order valence-corrected chi connectivity index (χ4v) is 4.94. The topological polar surface area (TPSA) is 86.2 Å². The molecule has 3 aromatic rings. The van der Waals surface area contributed by atoms with Gasteiger partial charge in [0.2, 0.25) is 0 Å². The number of aromatic nitrogens is 2. The van der Waals surface area contributed by atoms with Crippen LogP contribution in [0, 0.1) is 25.5 Å². The lowest BCUT2D eigenvalue weighted by atomic mass is 9.94. The minimum absolute atomic E-state index is 0.232. The lowest BCUT2D eigenvalue weighted by Gasteiger charge is -2.22. The second-order valence-corrected chi connectivity index (χ2v) is 9.19. The molecule has 3 heterocycles. The Morgan fingerprint density at radius 1 is 1.03 bits per heavy atom. The first kappa shape index (κ1) is 23.4. The number of carbonyl (C=O) groups is 1. The number of para-hydroxylation sites is 1. The van der Waals surface area contributed by atoms with E-state index in [-0.39, 0.29) is 24.0 Å².